The van der Waals surface area contributed by atoms with E-state index in [9.17, 15) is 19.5 Å². The third-order valence-corrected chi connectivity index (χ3v) is 6.04. The second-order valence-corrected chi connectivity index (χ2v) is 7.75. The number of amides is 4. The van der Waals surface area contributed by atoms with Gasteiger partial charge in [0.1, 0.15) is 11.2 Å². The summed E-state index contributed by atoms with van der Waals surface area (Å²) in [5.74, 6) is -0.423. The van der Waals surface area contributed by atoms with Gasteiger partial charge < -0.3 is 19.5 Å². The van der Waals surface area contributed by atoms with E-state index in [0.717, 1.165) is 10.5 Å². The number of carbonyl (C=O) groups is 3. The van der Waals surface area contributed by atoms with Gasteiger partial charge in [-0.25, -0.2) is 9.78 Å². The Hall–Kier alpha value is -3.20. The Morgan fingerprint density at radius 2 is 1.87 bits per heavy atom. The molecule has 1 spiro atoms. The molecule has 4 amide bonds. The molecule has 2 aliphatic rings. The molecule has 158 valence electrons. The lowest BCUT2D eigenvalue weighted by Gasteiger charge is -2.42. The Morgan fingerprint density at radius 3 is 2.47 bits per heavy atom. The van der Waals surface area contributed by atoms with Gasteiger partial charge in [0.25, 0.3) is 11.8 Å². The van der Waals surface area contributed by atoms with Gasteiger partial charge >= 0.3 is 6.03 Å². The third-order valence-electron chi connectivity index (χ3n) is 6.04. The normalized spacial score (nSPS) is 18.5. The molecule has 9 nitrogen and oxygen atoms in total. The van der Waals surface area contributed by atoms with Crippen molar-refractivity contribution < 1.29 is 19.5 Å². The van der Waals surface area contributed by atoms with E-state index in [0.29, 0.717) is 38.2 Å². The van der Waals surface area contributed by atoms with Crippen LogP contribution in [0, 0.1) is 0 Å². The Labute approximate surface area is 174 Å². The fourth-order valence-electron chi connectivity index (χ4n) is 4.35. The average molecular weight is 411 g/mol. The number of piperidine rings is 1. The predicted octanol–water partition coefficient (Wildman–Crippen LogP) is 0.852. The number of imidazole rings is 1. The molecule has 0 radical (unpaired) electrons. The van der Waals surface area contributed by atoms with E-state index >= 15 is 0 Å². The summed E-state index contributed by atoms with van der Waals surface area (Å²) >= 11 is 0. The fraction of sp³-hybridized carbons (Fsp3) is 0.429. The van der Waals surface area contributed by atoms with Gasteiger partial charge in [0, 0.05) is 26.7 Å². The molecule has 1 aromatic heterocycles. The molecule has 9 heteroatoms. The van der Waals surface area contributed by atoms with Crippen LogP contribution < -0.4 is 0 Å². The summed E-state index contributed by atoms with van der Waals surface area (Å²) in [6.45, 7) is 0.728. The largest absolute Gasteiger partial charge is 0.395 e. The van der Waals surface area contributed by atoms with Gasteiger partial charge in [-0.15, -0.1) is 0 Å². The number of aliphatic hydroxyl groups excluding tert-OH is 1. The van der Waals surface area contributed by atoms with Crippen molar-refractivity contribution in [3.05, 3.63) is 54.1 Å². The van der Waals surface area contributed by atoms with Crippen LogP contribution in [0.5, 0.6) is 0 Å². The number of aliphatic hydroxyl groups is 1. The standard InChI is InChI=1S/C21H25N5O4/c1-23-15-22-13-17(23)18(28)24-9-7-21(8-10-24)19(29)25(11-12-27)20(30)26(21)14-16-5-3-2-4-6-16/h2-6,13,15,27H,7-12,14H2,1H3. The number of nitrogens with zero attached hydrogens (tertiary/aromatic N) is 5. The molecule has 0 unspecified atom stereocenters. The number of benzene rings is 1. The van der Waals surface area contributed by atoms with Crippen molar-refractivity contribution in [2.75, 3.05) is 26.2 Å². The van der Waals surface area contributed by atoms with Crippen molar-refractivity contribution in [1.29, 1.82) is 0 Å². The smallest absolute Gasteiger partial charge is 0.328 e. The van der Waals surface area contributed by atoms with Gasteiger partial charge in [-0.1, -0.05) is 30.3 Å². The van der Waals surface area contributed by atoms with Crippen molar-refractivity contribution >= 4 is 17.8 Å². The first-order valence-corrected chi connectivity index (χ1v) is 10.0. The SMILES string of the molecule is Cn1cncc1C(=O)N1CCC2(CC1)C(=O)N(CCO)C(=O)N2Cc1ccccc1. The summed E-state index contributed by atoms with van der Waals surface area (Å²) < 4.78 is 1.67. The number of imide groups is 1. The number of aryl methyl sites for hydroxylation is 1. The predicted molar refractivity (Wildman–Crippen MR) is 107 cm³/mol. The molecule has 0 atom stereocenters. The van der Waals surface area contributed by atoms with Crippen LogP contribution in [0.3, 0.4) is 0 Å². The van der Waals surface area contributed by atoms with Crippen LogP contribution in [0.15, 0.2) is 42.9 Å². The molecule has 2 saturated heterocycles. The van der Waals surface area contributed by atoms with Gasteiger partial charge in [-0.2, -0.15) is 0 Å². The lowest BCUT2D eigenvalue weighted by atomic mass is 9.85. The number of urea groups is 1. The van der Waals surface area contributed by atoms with E-state index in [1.807, 2.05) is 30.3 Å². The molecule has 2 fully saturated rings. The summed E-state index contributed by atoms with van der Waals surface area (Å²) in [7, 11) is 1.76. The van der Waals surface area contributed by atoms with E-state index in [1.54, 1.807) is 27.7 Å². The second-order valence-electron chi connectivity index (χ2n) is 7.75. The minimum atomic E-state index is -0.995. The second kappa shape index (κ2) is 7.91. The zero-order valence-corrected chi connectivity index (χ0v) is 16.9. The lowest BCUT2D eigenvalue weighted by Crippen LogP contribution is -2.57. The van der Waals surface area contributed by atoms with Gasteiger partial charge in [0.05, 0.1) is 25.7 Å². The molecule has 3 heterocycles. The third kappa shape index (κ3) is 3.24. The summed E-state index contributed by atoms with van der Waals surface area (Å²) in [5.41, 5.74) is 0.422. The highest BCUT2D eigenvalue weighted by atomic mass is 16.3. The number of hydrogen-bond acceptors (Lipinski definition) is 5. The summed E-state index contributed by atoms with van der Waals surface area (Å²) in [5, 5.41) is 9.35. The minimum Gasteiger partial charge on any atom is -0.395 e. The van der Waals surface area contributed by atoms with E-state index in [2.05, 4.69) is 4.98 Å². The first kappa shape index (κ1) is 20.1. The first-order chi connectivity index (χ1) is 14.5. The highest BCUT2D eigenvalue weighted by molar-refractivity contribution is 6.07. The molecule has 0 bridgehead atoms. The van der Waals surface area contributed by atoms with Crippen molar-refractivity contribution in [2.24, 2.45) is 7.05 Å². The number of hydrogen-bond donors (Lipinski definition) is 1. The van der Waals surface area contributed by atoms with E-state index in [4.69, 9.17) is 0 Å². The van der Waals surface area contributed by atoms with Crippen LogP contribution in [0.1, 0.15) is 28.9 Å². The number of aromatic nitrogens is 2. The average Bonchev–Trinajstić information content (AvgIpc) is 3.27. The molecule has 1 N–H and O–H groups in total. The summed E-state index contributed by atoms with van der Waals surface area (Å²) in [4.78, 5) is 47.6. The molecule has 0 saturated carbocycles. The van der Waals surface area contributed by atoms with E-state index in [-0.39, 0.29) is 31.0 Å². The quantitative estimate of drug-likeness (QED) is 0.736. The Bertz CT molecular complexity index is 949. The van der Waals surface area contributed by atoms with Crippen LogP contribution in [0.25, 0.3) is 0 Å². The van der Waals surface area contributed by atoms with Gasteiger partial charge in [0.15, 0.2) is 0 Å². The Kier molecular flexibility index (Phi) is 5.29. The highest BCUT2D eigenvalue weighted by Crippen LogP contribution is 2.38. The van der Waals surface area contributed by atoms with Crippen molar-refractivity contribution in [3.8, 4) is 0 Å². The lowest BCUT2D eigenvalue weighted by molar-refractivity contribution is -0.135. The van der Waals surface area contributed by atoms with Crippen molar-refractivity contribution in [1.82, 2.24) is 24.3 Å². The Morgan fingerprint density at radius 1 is 1.17 bits per heavy atom. The monoisotopic (exact) mass is 411 g/mol. The Balaban J connectivity index is 1.58. The highest BCUT2D eigenvalue weighted by Gasteiger charge is 2.58. The number of rotatable bonds is 5. The molecule has 2 aromatic rings. The maximum atomic E-state index is 13.3. The van der Waals surface area contributed by atoms with Crippen LogP contribution in [0.2, 0.25) is 0 Å². The zero-order chi connectivity index (χ0) is 21.3. The van der Waals surface area contributed by atoms with Gasteiger partial charge in [0.2, 0.25) is 0 Å². The van der Waals surface area contributed by atoms with Gasteiger partial charge in [-0.3, -0.25) is 14.5 Å². The summed E-state index contributed by atoms with van der Waals surface area (Å²) in [6, 6.07) is 9.14. The first-order valence-electron chi connectivity index (χ1n) is 10.0. The fourth-order valence-corrected chi connectivity index (χ4v) is 4.35. The molecule has 2 aliphatic heterocycles. The van der Waals surface area contributed by atoms with Gasteiger partial charge in [-0.05, 0) is 18.4 Å². The maximum Gasteiger partial charge on any atom is 0.328 e. The summed E-state index contributed by atoms with van der Waals surface area (Å²) in [6.07, 6.45) is 3.82. The molecule has 1 aromatic carbocycles. The molecule has 4 rings (SSSR count). The van der Waals surface area contributed by atoms with E-state index in [1.165, 1.54) is 6.20 Å². The van der Waals surface area contributed by atoms with Crippen LogP contribution in [-0.4, -0.2) is 79.0 Å². The van der Waals surface area contributed by atoms with Crippen molar-refractivity contribution in [2.45, 2.75) is 24.9 Å². The van der Waals surface area contributed by atoms with Crippen molar-refractivity contribution in [3.63, 3.8) is 0 Å². The number of likely N-dealkylation sites (tertiary alicyclic amines) is 1. The minimum absolute atomic E-state index is 0.0254. The topological polar surface area (TPSA) is 99.0 Å². The molecular weight excluding hydrogens is 386 g/mol. The van der Waals surface area contributed by atoms with Crippen LogP contribution in [0.4, 0.5) is 4.79 Å². The number of β-amino-alcohol motifs (C(OH)–C–C–N with tert-alkyl or cyclic N) is 1. The van der Waals surface area contributed by atoms with E-state index < -0.39 is 5.54 Å². The molecule has 0 aliphatic carbocycles. The maximum absolute atomic E-state index is 13.3. The number of carbonyl (C=O) groups excluding carboxylic acids is 3. The molecule has 30 heavy (non-hydrogen) atoms. The molecular formula is C21H25N5O4. The zero-order valence-electron chi connectivity index (χ0n) is 16.9. The van der Waals surface area contributed by atoms with Crippen LogP contribution >= 0.6 is 0 Å². The van der Waals surface area contributed by atoms with Crippen LogP contribution in [-0.2, 0) is 18.4 Å².